The van der Waals surface area contributed by atoms with E-state index in [1.54, 1.807) is 12.4 Å². The van der Waals surface area contributed by atoms with E-state index in [0.29, 0.717) is 17.4 Å². The predicted molar refractivity (Wildman–Crippen MR) is 95.2 cm³/mol. The number of rotatable bonds is 3. The van der Waals surface area contributed by atoms with Crippen LogP contribution in [0.4, 0.5) is 23.4 Å². The predicted octanol–water partition coefficient (Wildman–Crippen LogP) is 4.41. The molecule has 1 aliphatic heterocycles. The number of nitrogens with zero attached hydrogens (tertiary/aromatic N) is 4. The molecule has 0 unspecified atom stereocenters. The summed E-state index contributed by atoms with van der Waals surface area (Å²) in [7, 11) is 0. The number of aromatic amines is 1. The SMILES string of the molecule is Fc1cc(-c2cc(N3CCC(c4c[nH]cn4)CC3)ncn2)ccc1C(F)(F)F. The van der Waals surface area contributed by atoms with Gasteiger partial charge < -0.3 is 9.88 Å². The largest absolute Gasteiger partial charge is 0.419 e. The molecule has 0 bridgehead atoms. The minimum Gasteiger partial charge on any atom is -0.356 e. The van der Waals surface area contributed by atoms with Crippen molar-refractivity contribution in [2.75, 3.05) is 18.0 Å². The van der Waals surface area contributed by atoms with Gasteiger partial charge >= 0.3 is 6.18 Å². The molecule has 9 heteroatoms. The summed E-state index contributed by atoms with van der Waals surface area (Å²) < 4.78 is 52.1. The van der Waals surface area contributed by atoms with E-state index in [-0.39, 0.29) is 5.56 Å². The van der Waals surface area contributed by atoms with Crippen molar-refractivity contribution in [1.29, 1.82) is 0 Å². The number of aromatic nitrogens is 4. The molecule has 0 amide bonds. The number of nitrogens with one attached hydrogen (secondary N) is 1. The Balaban J connectivity index is 1.52. The molecular formula is C19H17F4N5. The Hall–Kier alpha value is -2.97. The first-order valence-electron chi connectivity index (χ1n) is 8.84. The fourth-order valence-corrected chi connectivity index (χ4v) is 3.48. The van der Waals surface area contributed by atoms with Crippen LogP contribution in [0, 0.1) is 5.82 Å². The molecule has 0 radical (unpaired) electrons. The summed E-state index contributed by atoms with van der Waals surface area (Å²) in [5.41, 5.74) is 0.418. The number of benzene rings is 1. The van der Waals surface area contributed by atoms with Gasteiger partial charge in [0.05, 0.1) is 23.3 Å². The maximum atomic E-state index is 13.9. The van der Waals surface area contributed by atoms with Crippen LogP contribution in [-0.2, 0) is 6.18 Å². The topological polar surface area (TPSA) is 57.7 Å². The number of alkyl halides is 3. The van der Waals surface area contributed by atoms with Gasteiger partial charge in [-0.2, -0.15) is 13.2 Å². The van der Waals surface area contributed by atoms with Crippen molar-refractivity contribution in [3.63, 3.8) is 0 Å². The lowest BCUT2D eigenvalue weighted by atomic mass is 9.94. The van der Waals surface area contributed by atoms with E-state index in [2.05, 4.69) is 24.8 Å². The number of halogens is 4. The van der Waals surface area contributed by atoms with E-state index >= 15 is 0 Å². The van der Waals surface area contributed by atoms with E-state index in [1.165, 1.54) is 12.4 Å². The van der Waals surface area contributed by atoms with Crippen LogP contribution in [0.15, 0.2) is 43.1 Å². The monoisotopic (exact) mass is 391 g/mol. The second-order valence-electron chi connectivity index (χ2n) is 6.71. The van der Waals surface area contributed by atoms with Crippen LogP contribution in [0.2, 0.25) is 0 Å². The van der Waals surface area contributed by atoms with E-state index < -0.39 is 17.6 Å². The zero-order valence-corrected chi connectivity index (χ0v) is 14.7. The summed E-state index contributed by atoms with van der Waals surface area (Å²) in [4.78, 5) is 17.7. The maximum Gasteiger partial charge on any atom is 0.419 e. The van der Waals surface area contributed by atoms with E-state index in [1.807, 2.05) is 6.20 Å². The molecule has 0 aliphatic carbocycles. The molecule has 1 N–H and O–H groups in total. The van der Waals surface area contributed by atoms with E-state index in [0.717, 1.165) is 43.8 Å². The normalized spacial score (nSPS) is 15.8. The first kappa shape index (κ1) is 18.4. The number of piperidine rings is 1. The van der Waals surface area contributed by atoms with Gasteiger partial charge in [0.1, 0.15) is 18.0 Å². The smallest absolute Gasteiger partial charge is 0.356 e. The zero-order valence-electron chi connectivity index (χ0n) is 14.7. The average molecular weight is 391 g/mol. The van der Waals surface area contributed by atoms with Crippen molar-refractivity contribution in [1.82, 2.24) is 19.9 Å². The van der Waals surface area contributed by atoms with Gasteiger partial charge in [0, 0.05) is 36.8 Å². The first-order valence-corrected chi connectivity index (χ1v) is 8.84. The molecule has 2 aromatic heterocycles. The Morgan fingerprint density at radius 1 is 1.04 bits per heavy atom. The molecule has 1 saturated heterocycles. The fraction of sp³-hybridized carbons (Fsp3) is 0.316. The molecule has 3 heterocycles. The molecule has 146 valence electrons. The van der Waals surface area contributed by atoms with E-state index in [9.17, 15) is 17.6 Å². The highest BCUT2D eigenvalue weighted by molar-refractivity contribution is 5.63. The van der Waals surface area contributed by atoms with Crippen molar-refractivity contribution in [3.8, 4) is 11.3 Å². The number of hydrogen-bond donors (Lipinski definition) is 1. The third kappa shape index (κ3) is 3.69. The van der Waals surface area contributed by atoms with Gasteiger partial charge in [0.15, 0.2) is 0 Å². The third-order valence-electron chi connectivity index (χ3n) is 4.98. The van der Waals surface area contributed by atoms with Crippen LogP contribution in [0.3, 0.4) is 0 Å². The number of imidazole rings is 1. The molecule has 1 aliphatic rings. The van der Waals surface area contributed by atoms with Crippen molar-refractivity contribution in [2.24, 2.45) is 0 Å². The van der Waals surface area contributed by atoms with Crippen LogP contribution in [0.25, 0.3) is 11.3 Å². The van der Waals surface area contributed by atoms with Crippen LogP contribution in [-0.4, -0.2) is 33.0 Å². The highest BCUT2D eigenvalue weighted by Gasteiger charge is 2.34. The maximum absolute atomic E-state index is 13.9. The van der Waals surface area contributed by atoms with E-state index in [4.69, 9.17) is 0 Å². The number of anilines is 1. The second-order valence-corrected chi connectivity index (χ2v) is 6.71. The third-order valence-corrected chi connectivity index (χ3v) is 4.98. The molecule has 4 rings (SSSR count). The lowest BCUT2D eigenvalue weighted by molar-refractivity contribution is -0.139. The molecule has 5 nitrogen and oxygen atoms in total. The van der Waals surface area contributed by atoms with Crippen molar-refractivity contribution in [2.45, 2.75) is 24.9 Å². The van der Waals surface area contributed by atoms with Gasteiger partial charge in [-0.25, -0.2) is 19.3 Å². The van der Waals surface area contributed by atoms with Crippen LogP contribution < -0.4 is 4.90 Å². The van der Waals surface area contributed by atoms with Crippen molar-refractivity contribution < 1.29 is 17.6 Å². The fourth-order valence-electron chi connectivity index (χ4n) is 3.48. The quantitative estimate of drug-likeness (QED) is 0.672. The molecule has 0 saturated carbocycles. The zero-order chi connectivity index (χ0) is 19.7. The van der Waals surface area contributed by atoms with Gasteiger partial charge in [-0.3, -0.25) is 0 Å². The highest BCUT2D eigenvalue weighted by Crippen LogP contribution is 2.34. The van der Waals surface area contributed by atoms with Crippen molar-refractivity contribution in [3.05, 3.63) is 60.2 Å². The Morgan fingerprint density at radius 2 is 1.82 bits per heavy atom. The Morgan fingerprint density at radius 3 is 2.46 bits per heavy atom. The molecule has 1 fully saturated rings. The lowest BCUT2D eigenvalue weighted by Crippen LogP contribution is -2.33. The second kappa shape index (κ2) is 7.21. The Labute approximate surface area is 158 Å². The van der Waals surface area contributed by atoms with Gasteiger partial charge in [0.2, 0.25) is 0 Å². The Bertz CT molecular complexity index is 947. The van der Waals surface area contributed by atoms with Crippen LogP contribution in [0.1, 0.15) is 30.0 Å². The molecule has 0 spiro atoms. The van der Waals surface area contributed by atoms with Gasteiger partial charge in [0.25, 0.3) is 0 Å². The van der Waals surface area contributed by atoms with Gasteiger partial charge in [-0.15, -0.1) is 0 Å². The summed E-state index contributed by atoms with van der Waals surface area (Å²) in [6.07, 6.45) is 2.03. The standard InChI is InChI=1S/C19H17F4N5/c20-15-7-13(1-2-14(15)19(21,22)23)16-8-18(27-11-26-16)28-5-3-12(4-6-28)17-9-24-10-25-17/h1-2,7-12H,3-6H2,(H,24,25). The Kier molecular flexibility index (Phi) is 4.74. The summed E-state index contributed by atoms with van der Waals surface area (Å²) >= 11 is 0. The van der Waals surface area contributed by atoms with Gasteiger partial charge in [-0.05, 0) is 25.0 Å². The van der Waals surface area contributed by atoms with Crippen molar-refractivity contribution >= 4 is 5.82 Å². The lowest BCUT2D eigenvalue weighted by Gasteiger charge is -2.32. The molecule has 1 aromatic carbocycles. The number of H-pyrrole nitrogens is 1. The molecule has 28 heavy (non-hydrogen) atoms. The molecule has 3 aromatic rings. The molecular weight excluding hydrogens is 374 g/mol. The minimum absolute atomic E-state index is 0.278. The molecule has 0 atom stereocenters. The average Bonchev–Trinajstić information content (AvgIpc) is 3.22. The minimum atomic E-state index is -4.72. The van der Waals surface area contributed by atoms with Crippen LogP contribution >= 0.6 is 0 Å². The van der Waals surface area contributed by atoms with Crippen LogP contribution in [0.5, 0.6) is 0 Å². The highest BCUT2D eigenvalue weighted by atomic mass is 19.4. The summed E-state index contributed by atoms with van der Waals surface area (Å²) in [6, 6.07) is 4.50. The number of hydrogen-bond acceptors (Lipinski definition) is 4. The summed E-state index contributed by atoms with van der Waals surface area (Å²) in [6.45, 7) is 1.55. The first-order chi connectivity index (χ1) is 13.4. The van der Waals surface area contributed by atoms with Gasteiger partial charge in [-0.1, -0.05) is 6.07 Å². The summed E-state index contributed by atoms with van der Waals surface area (Å²) in [5.74, 6) is -0.261. The summed E-state index contributed by atoms with van der Waals surface area (Å²) in [5, 5.41) is 0.